The topological polar surface area (TPSA) is 36.4 Å². The van der Waals surface area contributed by atoms with Gasteiger partial charge >= 0.3 is 0 Å². The van der Waals surface area contributed by atoms with Crippen molar-refractivity contribution in [3.05, 3.63) is 29.8 Å². The minimum absolute atomic E-state index is 0.380. The molecule has 1 aliphatic rings. The van der Waals surface area contributed by atoms with Crippen molar-refractivity contribution in [3.63, 3.8) is 0 Å². The van der Waals surface area contributed by atoms with Crippen LogP contribution in [0.1, 0.15) is 18.4 Å². The quantitative estimate of drug-likeness (QED) is 0.755. The molecule has 3 nitrogen and oxygen atoms in total. The fourth-order valence-electron chi connectivity index (χ4n) is 2.01. The average Bonchev–Trinajstić information content (AvgIpc) is 2.23. The number of nitrogens with zero attached hydrogens (tertiary/aromatic N) is 2. The molecule has 0 atom stereocenters. The first-order chi connectivity index (χ1) is 7.12. The summed E-state index contributed by atoms with van der Waals surface area (Å²) in [5.74, 6) is -0.412. The summed E-state index contributed by atoms with van der Waals surface area (Å²) in [6.07, 6.45) is 3.83. The summed E-state index contributed by atoms with van der Waals surface area (Å²) in [6, 6.07) is 1.57. The Morgan fingerprint density at radius 3 is 2.73 bits per heavy atom. The minimum Gasteiger partial charge on any atom is -0.385 e. The maximum absolute atomic E-state index is 13.5. The highest BCUT2D eigenvalue weighted by molar-refractivity contribution is 5.21. The Morgan fingerprint density at radius 1 is 1.47 bits per heavy atom. The van der Waals surface area contributed by atoms with Crippen LogP contribution in [0.15, 0.2) is 18.5 Å². The van der Waals surface area contributed by atoms with E-state index in [1.165, 1.54) is 6.20 Å². The van der Waals surface area contributed by atoms with Crippen molar-refractivity contribution in [3.8, 4) is 0 Å². The number of pyridine rings is 1. The monoisotopic (exact) mass is 210 g/mol. The maximum atomic E-state index is 13.5. The van der Waals surface area contributed by atoms with Crippen molar-refractivity contribution < 1.29 is 9.50 Å². The highest BCUT2D eigenvalue weighted by atomic mass is 19.1. The number of aliphatic hydroxyl groups is 1. The van der Waals surface area contributed by atoms with E-state index in [-0.39, 0.29) is 0 Å². The molecule has 1 aromatic heterocycles. The van der Waals surface area contributed by atoms with E-state index >= 15 is 0 Å². The Kier molecular flexibility index (Phi) is 2.71. The first-order valence-electron chi connectivity index (χ1n) is 5.13. The van der Waals surface area contributed by atoms with Crippen molar-refractivity contribution >= 4 is 0 Å². The van der Waals surface area contributed by atoms with Gasteiger partial charge in [0.1, 0.15) is 5.82 Å². The SMILES string of the molecule is CN1CCC(O)(c2ccncc2F)CC1. The summed E-state index contributed by atoms with van der Waals surface area (Å²) in [5.41, 5.74) is -0.634. The second kappa shape index (κ2) is 3.87. The molecule has 0 aromatic carbocycles. The Hall–Kier alpha value is -1.00. The van der Waals surface area contributed by atoms with E-state index < -0.39 is 11.4 Å². The lowest BCUT2D eigenvalue weighted by Gasteiger charge is -2.36. The summed E-state index contributed by atoms with van der Waals surface area (Å²) in [4.78, 5) is 5.82. The van der Waals surface area contributed by atoms with Crippen molar-refractivity contribution in [2.24, 2.45) is 0 Å². The number of piperidine rings is 1. The van der Waals surface area contributed by atoms with Crippen molar-refractivity contribution in [1.82, 2.24) is 9.88 Å². The molecule has 0 amide bonds. The number of halogens is 1. The van der Waals surface area contributed by atoms with Gasteiger partial charge < -0.3 is 10.0 Å². The minimum atomic E-state index is -1.01. The van der Waals surface area contributed by atoms with Crippen LogP contribution in [-0.2, 0) is 5.60 Å². The molecule has 1 aliphatic heterocycles. The molecule has 82 valence electrons. The summed E-state index contributed by atoms with van der Waals surface area (Å²) >= 11 is 0. The highest BCUT2D eigenvalue weighted by Crippen LogP contribution is 2.33. The Labute approximate surface area is 88.6 Å². The average molecular weight is 210 g/mol. The largest absolute Gasteiger partial charge is 0.385 e. The van der Waals surface area contributed by atoms with Gasteiger partial charge in [-0.05, 0) is 26.0 Å². The lowest BCUT2D eigenvalue weighted by molar-refractivity contribution is -0.0231. The Bertz CT molecular complexity index is 348. The number of hydrogen-bond donors (Lipinski definition) is 1. The van der Waals surface area contributed by atoms with Gasteiger partial charge in [-0.25, -0.2) is 4.39 Å². The third-order valence-electron chi connectivity index (χ3n) is 3.09. The van der Waals surface area contributed by atoms with E-state index in [0.29, 0.717) is 18.4 Å². The Morgan fingerprint density at radius 2 is 2.13 bits per heavy atom. The molecule has 4 heteroatoms. The van der Waals surface area contributed by atoms with Crippen LogP contribution in [-0.4, -0.2) is 35.1 Å². The molecule has 15 heavy (non-hydrogen) atoms. The normalized spacial score (nSPS) is 21.5. The van der Waals surface area contributed by atoms with Gasteiger partial charge in [-0.3, -0.25) is 4.98 Å². The van der Waals surface area contributed by atoms with Gasteiger partial charge in [0.25, 0.3) is 0 Å². The van der Waals surface area contributed by atoms with Crippen LogP contribution in [0.5, 0.6) is 0 Å². The van der Waals surface area contributed by atoms with Crippen LogP contribution in [0.3, 0.4) is 0 Å². The van der Waals surface area contributed by atoms with Gasteiger partial charge in [-0.15, -0.1) is 0 Å². The zero-order valence-electron chi connectivity index (χ0n) is 8.78. The van der Waals surface area contributed by atoms with Crippen molar-refractivity contribution in [2.75, 3.05) is 20.1 Å². The van der Waals surface area contributed by atoms with Gasteiger partial charge in [-0.1, -0.05) is 0 Å². The number of likely N-dealkylation sites (tertiary alicyclic amines) is 1. The van der Waals surface area contributed by atoms with E-state index in [4.69, 9.17) is 0 Å². The zero-order chi connectivity index (χ0) is 10.9. The first kappa shape index (κ1) is 10.5. The van der Waals surface area contributed by atoms with E-state index in [0.717, 1.165) is 19.3 Å². The molecule has 1 saturated heterocycles. The standard InChI is InChI=1S/C11H15FN2O/c1-14-6-3-11(15,4-7-14)9-2-5-13-8-10(9)12/h2,5,8,15H,3-4,6-7H2,1H3. The molecule has 0 bridgehead atoms. The third-order valence-corrected chi connectivity index (χ3v) is 3.09. The molecular formula is C11H15FN2O. The van der Waals surface area contributed by atoms with Gasteiger partial charge in [0.15, 0.2) is 0 Å². The van der Waals surface area contributed by atoms with Crippen LogP contribution in [0, 0.1) is 5.82 Å². The predicted molar refractivity (Wildman–Crippen MR) is 54.8 cm³/mol. The van der Waals surface area contributed by atoms with Gasteiger partial charge in [0, 0.05) is 24.8 Å². The van der Waals surface area contributed by atoms with Gasteiger partial charge in [0.2, 0.25) is 0 Å². The van der Waals surface area contributed by atoms with Crippen molar-refractivity contribution in [2.45, 2.75) is 18.4 Å². The zero-order valence-corrected chi connectivity index (χ0v) is 8.78. The van der Waals surface area contributed by atoms with Crippen molar-refractivity contribution in [1.29, 1.82) is 0 Å². The molecular weight excluding hydrogens is 195 g/mol. The molecule has 2 heterocycles. The first-order valence-corrected chi connectivity index (χ1v) is 5.13. The molecule has 0 spiro atoms. The summed E-state index contributed by atoms with van der Waals surface area (Å²) in [6.45, 7) is 1.58. The van der Waals surface area contributed by atoms with E-state index in [1.54, 1.807) is 6.07 Å². The molecule has 0 saturated carbocycles. The number of aromatic nitrogens is 1. The third kappa shape index (κ3) is 2.01. The van der Waals surface area contributed by atoms with E-state index in [9.17, 15) is 9.50 Å². The van der Waals surface area contributed by atoms with E-state index in [2.05, 4.69) is 9.88 Å². The lowest BCUT2D eigenvalue weighted by atomic mass is 9.85. The molecule has 2 rings (SSSR count). The smallest absolute Gasteiger partial charge is 0.147 e. The van der Waals surface area contributed by atoms with E-state index in [1.807, 2.05) is 7.05 Å². The summed E-state index contributed by atoms with van der Waals surface area (Å²) in [7, 11) is 2.00. The second-order valence-corrected chi connectivity index (χ2v) is 4.19. The van der Waals surface area contributed by atoms with Crippen LogP contribution in [0.4, 0.5) is 4.39 Å². The summed E-state index contributed by atoms with van der Waals surface area (Å²) in [5, 5.41) is 10.3. The lowest BCUT2D eigenvalue weighted by Crippen LogP contribution is -2.41. The van der Waals surface area contributed by atoms with Gasteiger partial charge in [-0.2, -0.15) is 0 Å². The molecule has 0 aliphatic carbocycles. The molecule has 1 fully saturated rings. The summed E-state index contributed by atoms with van der Waals surface area (Å²) < 4.78 is 13.5. The molecule has 0 radical (unpaired) electrons. The van der Waals surface area contributed by atoms with Crippen LogP contribution >= 0.6 is 0 Å². The predicted octanol–water partition coefficient (Wildman–Crippen LogP) is 1.13. The van der Waals surface area contributed by atoms with Gasteiger partial charge in [0.05, 0.1) is 11.8 Å². The van der Waals surface area contributed by atoms with Crippen LogP contribution in [0.2, 0.25) is 0 Å². The van der Waals surface area contributed by atoms with Crippen LogP contribution < -0.4 is 0 Å². The second-order valence-electron chi connectivity index (χ2n) is 4.19. The molecule has 1 N–H and O–H groups in total. The van der Waals surface area contributed by atoms with Crippen LogP contribution in [0.25, 0.3) is 0 Å². The Balaban J connectivity index is 2.26. The fraction of sp³-hybridized carbons (Fsp3) is 0.545. The highest BCUT2D eigenvalue weighted by Gasteiger charge is 2.34. The molecule has 0 unspecified atom stereocenters. The molecule has 1 aromatic rings. The number of hydrogen-bond acceptors (Lipinski definition) is 3. The fourth-order valence-corrected chi connectivity index (χ4v) is 2.01. The maximum Gasteiger partial charge on any atom is 0.147 e. The number of rotatable bonds is 1.